The molecule has 3 heterocycles. The Hall–Kier alpha value is -2.21. The molecule has 2 aromatic heterocycles. The molecular formula is C16H20N4O2. The Morgan fingerprint density at radius 1 is 1.41 bits per heavy atom. The summed E-state index contributed by atoms with van der Waals surface area (Å²) in [5, 5.41) is 9.81. The molecule has 3 rings (SSSR count). The summed E-state index contributed by atoms with van der Waals surface area (Å²) in [5.74, 6) is 0.525. The standard InChI is InChI=1S/C16H20N4O2/c21-16(18-8-3-4-12-6-9-22-11-12)15-10-14(19-20-15)13-5-1-2-7-17-13/h1-2,5,7,10,12H,3-4,6,8-9,11H2,(H,18,21)(H,19,20)/t12-/m0/s1. The number of carbonyl (C=O) groups is 1. The summed E-state index contributed by atoms with van der Waals surface area (Å²) in [6, 6.07) is 7.33. The first-order chi connectivity index (χ1) is 10.8. The summed E-state index contributed by atoms with van der Waals surface area (Å²) < 4.78 is 5.34. The Labute approximate surface area is 129 Å². The van der Waals surface area contributed by atoms with Crippen LogP contribution in [0, 0.1) is 5.92 Å². The van der Waals surface area contributed by atoms with Crippen LogP contribution in [-0.2, 0) is 4.74 Å². The van der Waals surface area contributed by atoms with Gasteiger partial charge >= 0.3 is 0 Å². The van der Waals surface area contributed by atoms with Gasteiger partial charge in [0, 0.05) is 26.0 Å². The number of nitrogens with one attached hydrogen (secondary N) is 2. The molecule has 1 aliphatic heterocycles. The number of amides is 1. The number of rotatable bonds is 6. The van der Waals surface area contributed by atoms with Crippen molar-refractivity contribution in [2.24, 2.45) is 5.92 Å². The lowest BCUT2D eigenvalue weighted by Crippen LogP contribution is -2.25. The molecule has 1 amide bonds. The van der Waals surface area contributed by atoms with E-state index in [4.69, 9.17) is 4.74 Å². The number of aromatic amines is 1. The van der Waals surface area contributed by atoms with Gasteiger partial charge in [-0.1, -0.05) is 6.07 Å². The summed E-state index contributed by atoms with van der Waals surface area (Å²) in [5.41, 5.74) is 1.89. The molecule has 6 heteroatoms. The molecule has 0 radical (unpaired) electrons. The minimum absolute atomic E-state index is 0.127. The van der Waals surface area contributed by atoms with E-state index >= 15 is 0 Å². The lowest BCUT2D eigenvalue weighted by molar-refractivity contribution is 0.0947. The summed E-state index contributed by atoms with van der Waals surface area (Å²) in [6.45, 7) is 2.41. The fourth-order valence-electron chi connectivity index (χ4n) is 2.58. The van der Waals surface area contributed by atoms with Crippen LogP contribution < -0.4 is 5.32 Å². The number of pyridine rings is 1. The van der Waals surface area contributed by atoms with Gasteiger partial charge in [-0.05, 0) is 43.4 Å². The Kier molecular flexibility index (Phi) is 4.80. The molecule has 2 N–H and O–H groups in total. The van der Waals surface area contributed by atoms with Crippen molar-refractivity contribution in [1.29, 1.82) is 0 Å². The van der Waals surface area contributed by atoms with E-state index in [9.17, 15) is 4.79 Å². The van der Waals surface area contributed by atoms with E-state index < -0.39 is 0 Å². The van der Waals surface area contributed by atoms with Crippen molar-refractivity contribution in [3.8, 4) is 11.4 Å². The van der Waals surface area contributed by atoms with Gasteiger partial charge in [-0.15, -0.1) is 0 Å². The summed E-state index contributed by atoms with van der Waals surface area (Å²) in [4.78, 5) is 16.3. The predicted octanol–water partition coefficient (Wildman–Crippen LogP) is 2.02. The molecule has 2 aromatic rings. The Morgan fingerprint density at radius 3 is 3.14 bits per heavy atom. The number of hydrogen-bond donors (Lipinski definition) is 2. The van der Waals surface area contributed by atoms with Crippen molar-refractivity contribution in [2.45, 2.75) is 19.3 Å². The number of hydrogen-bond acceptors (Lipinski definition) is 4. The number of aromatic nitrogens is 3. The maximum absolute atomic E-state index is 12.1. The fourth-order valence-corrected chi connectivity index (χ4v) is 2.58. The summed E-state index contributed by atoms with van der Waals surface area (Å²) in [6.07, 6.45) is 4.92. The van der Waals surface area contributed by atoms with E-state index in [2.05, 4.69) is 20.5 Å². The third kappa shape index (κ3) is 3.71. The van der Waals surface area contributed by atoms with E-state index in [0.29, 0.717) is 23.9 Å². The zero-order valence-electron chi connectivity index (χ0n) is 12.4. The van der Waals surface area contributed by atoms with Crippen molar-refractivity contribution in [2.75, 3.05) is 19.8 Å². The highest BCUT2D eigenvalue weighted by atomic mass is 16.5. The Morgan fingerprint density at radius 2 is 2.36 bits per heavy atom. The van der Waals surface area contributed by atoms with Gasteiger partial charge in [0.1, 0.15) is 11.4 Å². The van der Waals surface area contributed by atoms with Crippen LogP contribution >= 0.6 is 0 Å². The quantitative estimate of drug-likeness (QED) is 0.800. The monoisotopic (exact) mass is 300 g/mol. The van der Waals surface area contributed by atoms with Gasteiger partial charge in [0.25, 0.3) is 5.91 Å². The molecule has 116 valence electrons. The topological polar surface area (TPSA) is 79.9 Å². The molecule has 1 aliphatic rings. The highest BCUT2D eigenvalue weighted by Crippen LogP contribution is 2.17. The van der Waals surface area contributed by atoms with Crippen LogP contribution in [-0.4, -0.2) is 40.8 Å². The lowest BCUT2D eigenvalue weighted by atomic mass is 10.0. The molecule has 0 aromatic carbocycles. The minimum Gasteiger partial charge on any atom is -0.381 e. The Bertz CT molecular complexity index is 606. The predicted molar refractivity (Wildman–Crippen MR) is 82.3 cm³/mol. The summed E-state index contributed by atoms with van der Waals surface area (Å²) >= 11 is 0. The first-order valence-corrected chi connectivity index (χ1v) is 7.65. The average molecular weight is 300 g/mol. The smallest absolute Gasteiger partial charge is 0.269 e. The van der Waals surface area contributed by atoms with Crippen LogP contribution in [0.1, 0.15) is 29.8 Å². The fraction of sp³-hybridized carbons (Fsp3) is 0.438. The lowest BCUT2D eigenvalue weighted by Gasteiger charge is -2.07. The van der Waals surface area contributed by atoms with E-state index in [1.807, 2.05) is 18.2 Å². The minimum atomic E-state index is -0.127. The number of nitrogens with zero attached hydrogens (tertiary/aromatic N) is 2. The van der Waals surface area contributed by atoms with Crippen molar-refractivity contribution < 1.29 is 9.53 Å². The third-order valence-electron chi connectivity index (χ3n) is 3.85. The zero-order valence-corrected chi connectivity index (χ0v) is 12.4. The number of H-pyrrole nitrogens is 1. The maximum Gasteiger partial charge on any atom is 0.269 e. The van der Waals surface area contributed by atoms with Crippen LogP contribution in [0.2, 0.25) is 0 Å². The number of ether oxygens (including phenoxy) is 1. The summed E-state index contributed by atoms with van der Waals surface area (Å²) in [7, 11) is 0. The van der Waals surface area contributed by atoms with Crippen molar-refractivity contribution >= 4 is 5.91 Å². The number of carbonyl (C=O) groups excluding carboxylic acids is 1. The van der Waals surface area contributed by atoms with Gasteiger partial charge in [0.2, 0.25) is 0 Å². The van der Waals surface area contributed by atoms with Crippen LogP contribution in [0.4, 0.5) is 0 Å². The molecule has 0 saturated carbocycles. The first-order valence-electron chi connectivity index (χ1n) is 7.65. The molecule has 1 fully saturated rings. The first kappa shape index (κ1) is 14.7. The third-order valence-corrected chi connectivity index (χ3v) is 3.85. The van der Waals surface area contributed by atoms with Gasteiger partial charge in [0.15, 0.2) is 0 Å². The Balaban J connectivity index is 1.47. The van der Waals surface area contributed by atoms with Crippen molar-refractivity contribution in [3.63, 3.8) is 0 Å². The zero-order chi connectivity index (χ0) is 15.2. The van der Waals surface area contributed by atoms with E-state index in [0.717, 1.165) is 38.2 Å². The van der Waals surface area contributed by atoms with Gasteiger partial charge in [0.05, 0.1) is 5.69 Å². The molecular weight excluding hydrogens is 280 g/mol. The van der Waals surface area contributed by atoms with Crippen LogP contribution in [0.15, 0.2) is 30.5 Å². The van der Waals surface area contributed by atoms with Crippen molar-refractivity contribution in [3.05, 3.63) is 36.2 Å². The van der Waals surface area contributed by atoms with Crippen LogP contribution in [0.25, 0.3) is 11.4 Å². The van der Waals surface area contributed by atoms with Gasteiger partial charge < -0.3 is 10.1 Å². The second kappa shape index (κ2) is 7.17. The average Bonchev–Trinajstić information content (AvgIpc) is 3.24. The highest BCUT2D eigenvalue weighted by molar-refractivity contribution is 5.93. The molecule has 0 unspecified atom stereocenters. The van der Waals surface area contributed by atoms with Gasteiger partial charge in [-0.2, -0.15) is 5.10 Å². The molecule has 6 nitrogen and oxygen atoms in total. The molecule has 0 bridgehead atoms. The second-order valence-corrected chi connectivity index (χ2v) is 5.51. The van der Waals surface area contributed by atoms with Gasteiger partial charge in [-0.25, -0.2) is 0 Å². The molecule has 22 heavy (non-hydrogen) atoms. The van der Waals surface area contributed by atoms with Crippen LogP contribution in [0.3, 0.4) is 0 Å². The largest absolute Gasteiger partial charge is 0.381 e. The second-order valence-electron chi connectivity index (χ2n) is 5.51. The normalized spacial score (nSPS) is 17.5. The maximum atomic E-state index is 12.1. The molecule has 0 aliphatic carbocycles. The SMILES string of the molecule is O=C(NCCC[C@H]1CCOC1)c1cc(-c2ccccn2)n[nH]1. The molecule has 1 atom stereocenters. The van der Waals surface area contributed by atoms with E-state index in [1.54, 1.807) is 12.3 Å². The van der Waals surface area contributed by atoms with Crippen LogP contribution in [0.5, 0.6) is 0 Å². The highest BCUT2D eigenvalue weighted by Gasteiger charge is 2.15. The van der Waals surface area contributed by atoms with E-state index in [1.165, 1.54) is 0 Å². The molecule has 0 spiro atoms. The van der Waals surface area contributed by atoms with E-state index in [-0.39, 0.29) is 5.91 Å². The van der Waals surface area contributed by atoms with Gasteiger partial charge in [-0.3, -0.25) is 14.9 Å². The van der Waals surface area contributed by atoms with Crippen molar-refractivity contribution in [1.82, 2.24) is 20.5 Å². The molecule has 1 saturated heterocycles.